The van der Waals surface area contributed by atoms with Gasteiger partial charge in [-0.2, -0.15) is 0 Å². The highest BCUT2D eigenvalue weighted by atomic mass is 19.1. The number of nitrogens with two attached hydrogens (primary N) is 1. The lowest BCUT2D eigenvalue weighted by Crippen LogP contribution is -2.07. The molecule has 27 heavy (non-hydrogen) atoms. The first kappa shape index (κ1) is 24.1. The number of nitro benzene ring substituents is 1. The smallest absolute Gasteiger partial charge is 0.311 e. The SMILES string of the molecule is C.CC(C)Oc1cc(F)ccc1N.CC(C)Oc1cc(F)ccc1[N+](=O)[O-]. The van der Waals surface area contributed by atoms with E-state index in [9.17, 15) is 18.9 Å². The first-order chi connectivity index (χ1) is 12.1. The first-order valence-corrected chi connectivity index (χ1v) is 7.92. The van der Waals surface area contributed by atoms with E-state index in [4.69, 9.17) is 15.2 Å². The van der Waals surface area contributed by atoms with Crippen molar-refractivity contribution in [3.8, 4) is 11.5 Å². The molecular formula is C19H26F2N2O4. The van der Waals surface area contributed by atoms with Crippen LogP contribution in [0.5, 0.6) is 11.5 Å². The summed E-state index contributed by atoms with van der Waals surface area (Å²) >= 11 is 0. The topological polar surface area (TPSA) is 87.6 Å². The summed E-state index contributed by atoms with van der Waals surface area (Å²) in [4.78, 5) is 9.92. The molecule has 150 valence electrons. The van der Waals surface area contributed by atoms with Crippen LogP contribution in [0.2, 0.25) is 0 Å². The minimum Gasteiger partial charge on any atom is -0.489 e. The number of benzene rings is 2. The maximum absolute atomic E-state index is 12.8. The van der Waals surface area contributed by atoms with E-state index in [1.54, 1.807) is 13.8 Å². The number of anilines is 1. The molecule has 6 nitrogen and oxygen atoms in total. The lowest BCUT2D eigenvalue weighted by molar-refractivity contribution is -0.386. The highest BCUT2D eigenvalue weighted by Crippen LogP contribution is 2.28. The third kappa shape index (κ3) is 8.35. The van der Waals surface area contributed by atoms with Crippen LogP contribution >= 0.6 is 0 Å². The quantitative estimate of drug-likeness (QED) is 0.426. The van der Waals surface area contributed by atoms with Crippen molar-refractivity contribution in [3.63, 3.8) is 0 Å². The Balaban J connectivity index is 0.000000488. The molecule has 0 aliphatic heterocycles. The molecule has 8 heteroatoms. The molecule has 0 amide bonds. The van der Waals surface area contributed by atoms with Crippen LogP contribution in [0, 0.1) is 21.7 Å². The van der Waals surface area contributed by atoms with Gasteiger partial charge in [0.1, 0.15) is 17.4 Å². The Bertz CT molecular complexity index is 752. The lowest BCUT2D eigenvalue weighted by Gasteiger charge is -2.11. The molecule has 2 aromatic carbocycles. The Hall–Kier alpha value is -2.90. The highest BCUT2D eigenvalue weighted by Gasteiger charge is 2.16. The van der Waals surface area contributed by atoms with Crippen molar-refractivity contribution in [3.05, 3.63) is 58.1 Å². The third-order valence-electron chi connectivity index (χ3n) is 2.82. The molecule has 2 rings (SSSR count). The summed E-state index contributed by atoms with van der Waals surface area (Å²) in [5, 5.41) is 10.5. The Kier molecular flexibility index (Phi) is 9.77. The van der Waals surface area contributed by atoms with E-state index < -0.39 is 10.7 Å². The molecule has 0 aliphatic carbocycles. The van der Waals surface area contributed by atoms with Gasteiger partial charge in [-0.15, -0.1) is 0 Å². The fourth-order valence-electron chi connectivity index (χ4n) is 1.85. The monoisotopic (exact) mass is 384 g/mol. The fourth-order valence-corrected chi connectivity index (χ4v) is 1.85. The Morgan fingerprint density at radius 2 is 1.37 bits per heavy atom. The van der Waals surface area contributed by atoms with Gasteiger partial charge in [-0.1, -0.05) is 7.43 Å². The molecule has 2 N–H and O–H groups in total. The van der Waals surface area contributed by atoms with Gasteiger partial charge in [-0.3, -0.25) is 10.1 Å². The summed E-state index contributed by atoms with van der Waals surface area (Å²) in [6.07, 6.45) is -0.218. The normalized spacial score (nSPS) is 9.93. The molecule has 0 saturated carbocycles. The van der Waals surface area contributed by atoms with Gasteiger partial charge in [0.05, 0.1) is 22.8 Å². The van der Waals surface area contributed by atoms with E-state index >= 15 is 0 Å². The summed E-state index contributed by atoms with van der Waals surface area (Å²) in [5.74, 6) is -0.513. The number of hydrogen-bond acceptors (Lipinski definition) is 5. The van der Waals surface area contributed by atoms with Crippen molar-refractivity contribution in [1.29, 1.82) is 0 Å². The van der Waals surface area contributed by atoms with Gasteiger partial charge >= 0.3 is 5.69 Å². The highest BCUT2D eigenvalue weighted by molar-refractivity contribution is 5.52. The predicted octanol–water partition coefficient (Wildman–Crippen LogP) is 5.35. The number of ether oxygens (including phenoxy) is 2. The van der Waals surface area contributed by atoms with Crippen LogP contribution in [-0.4, -0.2) is 17.1 Å². The van der Waals surface area contributed by atoms with Crippen molar-refractivity contribution in [2.24, 2.45) is 0 Å². The van der Waals surface area contributed by atoms with E-state index in [2.05, 4.69) is 0 Å². The number of halogens is 2. The predicted molar refractivity (Wildman–Crippen MR) is 102 cm³/mol. The number of hydrogen-bond donors (Lipinski definition) is 1. The van der Waals surface area contributed by atoms with Gasteiger partial charge in [-0.25, -0.2) is 8.78 Å². The average Bonchev–Trinajstić information content (AvgIpc) is 2.50. The molecule has 0 atom stereocenters. The minimum atomic E-state index is -0.600. The van der Waals surface area contributed by atoms with Crippen molar-refractivity contribution in [2.45, 2.75) is 47.3 Å². The number of nitro groups is 1. The van der Waals surface area contributed by atoms with Crippen LogP contribution in [0.4, 0.5) is 20.2 Å². The summed E-state index contributed by atoms with van der Waals surface area (Å²) < 4.78 is 35.8. The molecule has 0 unspecified atom stereocenters. The van der Waals surface area contributed by atoms with Crippen LogP contribution in [0.25, 0.3) is 0 Å². The van der Waals surface area contributed by atoms with E-state index in [1.807, 2.05) is 13.8 Å². The molecule has 0 fully saturated rings. The maximum atomic E-state index is 12.8. The average molecular weight is 384 g/mol. The molecule has 0 saturated heterocycles. The summed E-state index contributed by atoms with van der Waals surface area (Å²) in [6, 6.07) is 7.22. The first-order valence-electron chi connectivity index (χ1n) is 7.92. The van der Waals surface area contributed by atoms with Crippen molar-refractivity contribution in [2.75, 3.05) is 5.73 Å². The zero-order chi connectivity index (χ0) is 19.9. The van der Waals surface area contributed by atoms with Gasteiger partial charge < -0.3 is 15.2 Å². The minimum absolute atomic E-state index is 0. The molecule has 0 aliphatic rings. The second-order valence-corrected chi connectivity index (χ2v) is 5.88. The van der Waals surface area contributed by atoms with Gasteiger partial charge in [0, 0.05) is 18.2 Å². The lowest BCUT2D eigenvalue weighted by atomic mass is 10.3. The fraction of sp³-hybridized carbons (Fsp3) is 0.368. The molecule has 0 spiro atoms. The molecular weight excluding hydrogens is 358 g/mol. The number of nitrogens with zero attached hydrogens (tertiary/aromatic N) is 1. The van der Waals surface area contributed by atoms with Crippen molar-refractivity contribution >= 4 is 11.4 Å². The molecule has 0 aromatic heterocycles. The summed E-state index contributed by atoms with van der Waals surface area (Å²) in [7, 11) is 0. The van der Waals surface area contributed by atoms with Crippen LogP contribution in [-0.2, 0) is 0 Å². The summed E-state index contributed by atoms with van der Waals surface area (Å²) in [5.41, 5.74) is 5.79. The second-order valence-electron chi connectivity index (χ2n) is 5.88. The van der Waals surface area contributed by atoms with Crippen LogP contribution in [0.15, 0.2) is 36.4 Å². The number of rotatable bonds is 5. The van der Waals surface area contributed by atoms with Gasteiger partial charge in [-0.05, 0) is 45.9 Å². The van der Waals surface area contributed by atoms with Crippen molar-refractivity contribution < 1.29 is 23.2 Å². The van der Waals surface area contributed by atoms with Crippen LogP contribution in [0.1, 0.15) is 35.1 Å². The molecule has 0 heterocycles. The standard InChI is InChI=1S/C9H10FNO3.C9H12FNO.CH4/c1-6(2)14-9-5-7(10)3-4-8(9)11(12)13;1-6(2)12-9-5-7(10)3-4-8(9)11;/h3-6H,1-2H3;3-6H,11H2,1-2H3;1H4. The van der Waals surface area contributed by atoms with E-state index in [0.717, 1.165) is 18.2 Å². The van der Waals surface area contributed by atoms with Gasteiger partial charge in [0.25, 0.3) is 0 Å². The zero-order valence-corrected chi connectivity index (χ0v) is 15.0. The zero-order valence-electron chi connectivity index (χ0n) is 15.0. The molecule has 0 radical (unpaired) electrons. The molecule has 2 aromatic rings. The van der Waals surface area contributed by atoms with Crippen molar-refractivity contribution in [1.82, 2.24) is 0 Å². The Morgan fingerprint density at radius 3 is 1.85 bits per heavy atom. The third-order valence-corrected chi connectivity index (χ3v) is 2.82. The van der Waals surface area contributed by atoms with E-state index in [1.165, 1.54) is 18.2 Å². The maximum Gasteiger partial charge on any atom is 0.311 e. The van der Waals surface area contributed by atoms with E-state index in [-0.39, 0.29) is 36.9 Å². The van der Waals surface area contributed by atoms with Gasteiger partial charge in [0.2, 0.25) is 0 Å². The largest absolute Gasteiger partial charge is 0.489 e. The van der Waals surface area contributed by atoms with Gasteiger partial charge in [0.15, 0.2) is 5.75 Å². The number of nitrogen functional groups attached to an aromatic ring is 1. The van der Waals surface area contributed by atoms with E-state index in [0.29, 0.717) is 11.4 Å². The Labute approximate surface area is 158 Å². The Morgan fingerprint density at radius 1 is 0.926 bits per heavy atom. The summed E-state index contributed by atoms with van der Waals surface area (Å²) in [6.45, 7) is 7.16. The van der Waals surface area contributed by atoms with Crippen LogP contribution in [0.3, 0.4) is 0 Å². The molecule has 0 bridgehead atoms. The van der Waals surface area contributed by atoms with Crippen LogP contribution < -0.4 is 15.2 Å². The second kappa shape index (κ2) is 10.9.